The van der Waals surface area contributed by atoms with Crippen molar-refractivity contribution in [1.82, 2.24) is 15.5 Å². The first-order chi connectivity index (χ1) is 10.8. The minimum absolute atomic E-state index is 0.0254. The standard InChI is InChI=1S/C15H21F2N3O3/c1-8-4-10-11(9(2)23-8)19-20-12(10)13(21)18-14(7-22-3)5-15(16,17)6-14/h8-9H,4-7H2,1-3H3,(H,18,21)(H,19,20)/t8-,9+/m0/s1. The van der Waals surface area contributed by atoms with Crippen molar-refractivity contribution in [1.29, 1.82) is 0 Å². The van der Waals surface area contributed by atoms with Gasteiger partial charge in [0.15, 0.2) is 5.69 Å². The first-order valence-corrected chi connectivity index (χ1v) is 7.67. The first-order valence-electron chi connectivity index (χ1n) is 7.67. The van der Waals surface area contributed by atoms with Crippen LogP contribution in [0.25, 0.3) is 0 Å². The number of hydrogen-bond acceptors (Lipinski definition) is 4. The molecule has 8 heteroatoms. The average Bonchev–Trinajstić information content (AvgIpc) is 2.80. The summed E-state index contributed by atoms with van der Waals surface area (Å²) in [5.74, 6) is -3.20. The molecule has 128 valence electrons. The molecule has 1 aliphatic heterocycles. The number of methoxy groups -OCH3 is 1. The summed E-state index contributed by atoms with van der Waals surface area (Å²) in [4.78, 5) is 12.6. The van der Waals surface area contributed by atoms with Gasteiger partial charge in [0.1, 0.15) is 0 Å². The number of halogens is 2. The molecule has 0 bridgehead atoms. The molecule has 1 saturated carbocycles. The van der Waals surface area contributed by atoms with Crippen molar-refractivity contribution in [3.8, 4) is 0 Å². The number of carbonyl (C=O) groups is 1. The van der Waals surface area contributed by atoms with Crippen molar-refractivity contribution in [2.75, 3.05) is 13.7 Å². The Hall–Kier alpha value is -1.54. The summed E-state index contributed by atoms with van der Waals surface area (Å²) in [6.07, 6.45) is -0.470. The Morgan fingerprint density at radius 2 is 2.17 bits per heavy atom. The quantitative estimate of drug-likeness (QED) is 0.885. The lowest BCUT2D eigenvalue weighted by molar-refractivity contribution is -0.146. The van der Waals surface area contributed by atoms with E-state index in [1.807, 2.05) is 13.8 Å². The molecule has 6 nitrogen and oxygen atoms in total. The molecule has 0 spiro atoms. The second-order valence-electron chi connectivity index (χ2n) is 6.63. The van der Waals surface area contributed by atoms with Crippen molar-refractivity contribution < 1.29 is 23.0 Å². The van der Waals surface area contributed by atoms with Crippen molar-refractivity contribution in [2.24, 2.45) is 0 Å². The Bertz CT molecular complexity index is 609. The van der Waals surface area contributed by atoms with E-state index in [0.717, 1.165) is 11.3 Å². The normalized spacial score (nSPS) is 27.9. The lowest BCUT2D eigenvalue weighted by Gasteiger charge is -2.47. The maximum Gasteiger partial charge on any atom is 0.272 e. The third-order valence-electron chi connectivity index (χ3n) is 4.44. The summed E-state index contributed by atoms with van der Waals surface area (Å²) in [5, 5.41) is 9.61. The van der Waals surface area contributed by atoms with E-state index in [1.165, 1.54) is 7.11 Å². The lowest BCUT2D eigenvalue weighted by atomic mass is 9.73. The molecule has 0 radical (unpaired) electrons. The van der Waals surface area contributed by atoms with Crippen LogP contribution in [0, 0.1) is 0 Å². The highest BCUT2D eigenvalue weighted by Crippen LogP contribution is 2.46. The van der Waals surface area contributed by atoms with E-state index in [-0.39, 0.29) is 24.5 Å². The van der Waals surface area contributed by atoms with Gasteiger partial charge < -0.3 is 14.8 Å². The second-order valence-corrected chi connectivity index (χ2v) is 6.63. The van der Waals surface area contributed by atoms with Crippen molar-refractivity contribution in [2.45, 2.75) is 56.8 Å². The van der Waals surface area contributed by atoms with Crippen LogP contribution in [0.3, 0.4) is 0 Å². The molecule has 2 aliphatic rings. The van der Waals surface area contributed by atoms with Gasteiger partial charge in [-0.3, -0.25) is 9.89 Å². The molecule has 1 amide bonds. The van der Waals surface area contributed by atoms with Gasteiger partial charge in [-0.1, -0.05) is 0 Å². The van der Waals surface area contributed by atoms with E-state index >= 15 is 0 Å². The molecule has 1 aromatic rings. The molecule has 2 atom stereocenters. The number of amides is 1. The van der Waals surface area contributed by atoms with Gasteiger partial charge >= 0.3 is 0 Å². The number of ether oxygens (including phenoxy) is 2. The van der Waals surface area contributed by atoms with E-state index in [1.54, 1.807) is 0 Å². The fraction of sp³-hybridized carbons (Fsp3) is 0.733. The summed E-state index contributed by atoms with van der Waals surface area (Å²) in [7, 11) is 1.43. The van der Waals surface area contributed by atoms with Gasteiger partial charge in [-0.05, 0) is 13.8 Å². The number of hydrogen-bond donors (Lipinski definition) is 2. The van der Waals surface area contributed by atoms with E-state index in [2.05, 4.69) is 15.5 Å². The van der Waals surface area contributed by atoms with Crippen LogP contribution in [0.15, 0.2) is 0 Å². The number of carbonyl (C=O) groups excluding carboxylic acids is 1. The van der Waals surface area contributed by atoms with Gasteiger partial charge in [0.25, 0.3) is 11.8 Å². The molecular formula is C15H21F2N3O3. The Morgan fingerprint density at radius 3 is 2.78 bits per heavy atom. The summed E-state index contributed by atoms with van der Waals surface area (Å²) >= 11 is 0. The number of H-pyrrole nitrogens is 1. The highest BCUT2D eigenvalue weighted by atomic mass is 19.3. The zero-order valence-corrected chi connectivity index (χ0v) is 13.4. The fourth-order valence-corrected chi connectivity index (χ4v) is 3.60. The van der Waals surface area contributed by atoms with Crippen LogP contribution in [0.5, 0.6) is 0 Å². The monoisotopic (exact) mass is 329 g/mol. The van der Waals surface area contributed by atoms with Gasteiger partial charge in [0.05, 0.1) is 30.0 Å². The lowest BCUT2D eigenvalue weighted by Crippen LogP contribution is -2.64. The topological polar surface area (TPSA) is 76.2 Å². The van der Waals surface area contributed by atoms with Crippen LogP contribution in [-0.4, -0.2) is 47.4 Å². The van der Waals surface area contributed by atoms with Gasteiger partial charge in [0, 0.05) is 31.9 Å². The van der Waals surface area contributed by atoms with E-state index in [4.69, 9.17) is 9.47 Å². The average molecular weight is 329 g/mol. The van der Waals surface area contributed by atoms with Crippen LogP contribution in [0.4, 0.5) is 8.78 Å². The number of rotatable bonds is 4. The van der Waals surface area contributed by atoms with Crippen molar-refractivity contribution in [3.05, 3.63) is 17.0 Å². The fourth-order valence-electron chi connectivity index (χ4n) is 3.60. The zero-order valence-electron chi connectivity index (χ0n) is 13.4. The first kappa shape index (κ1) is 16.3. The van der Waals surface area contributed by atoms with Crippen molar-refractivity contribution >= 4 is 5.91 Å². The molecule has 1 fully saturated rings. The molecule has 2 heterocycles. The summed E-state index contributed by atoms with van der Waals surface area (Å²) in [5.41, 5.74) is 0.803. The highest BCUT2D eigenvalue weighted by Gasteiger charge is 2.57. The molecule has 0 saturated heterocycles. The Morgan fingerprint density at radius 1 is 1.48 bits per heavy atom. The van der Waals surface area contributed by atoms with Gasteiger partial charge in [-0.2, -0.15) is 5.10 Å². The van der Waals surface area contributed by atoms with E-state index in [9.17, 15) is 13.6 Å². The maximum absolute atomic E-state index is 13.3. The highest BCUT2D eigenvalue weighted by molar-refractivity contribution is 5.94. The SMILES string of the molecule is COCC1(NC(=O)c2n[nH]c3c2C[C@H](C)O[C@@H]3C)CC(F)(F)C1. The van der Waals surface area contributed by atoms with Crippen molar-refractivity contribution in [3.63, 3.8) is 0 Å². The molecule has 1 aliphatic carbocycles. The van der Waals surface area contributed by atoms with E-state index < -0.39 is 30.2 Å². The summed E-state index contributed by atoms with van der Waals surface area (Å²) < 4.78 is 37.3. The van der Waals surface area contributed by atoms with Crippen LogP contribution in [0.1, 0.15) is 54.5 Å². The summed E-state index contributed by atoms with van der Waals surface area (Å²) in [6.45, 7) is 3.86. The van der Waals surface area contributed by atoms with Crippen LogP contribution < -0.4 is 5.32 Å². The number of aromatic nitrogens is 2. The second kappa shape index (κ2) is 5.52. The number of aromatic amines is 1. The predicted octanol–water partition coefficient (Wildman–Crippen LogP) is 1.98. The van der Waals surface area contributed by atoms with Crippen LogP contribution >= 0.6 is 0 Å². The molecule has 23 heavy (non-hydrogen) atoms. The molecule has 0 aromatic carbocycles. The number of nitrogens with zero attached hydrogens (tertiary/aromatic N) is 1. The Kier molecular flexibility index (Phi) is 3.92. The van der Waals surface area contributed by atoms with Crippen LogP contribution in [0.2, 0.25) is 0 Å². The summed E-state index contributed by atoms with van der Waals surface area (Å²) in [6, 6.07) is 0. The maximum atomic E-state index is 13.3. The van der Waals surface area contributed by atoms with Gasteiger partial charge in [0.2, 0.25) is 0 Å². The van der Waals surface area contributed by atoms with Crippen LogP contribution in [-0.2, 0) is 15.9 Å². The minimum Gasteiger partial charge on any atom is -0.382 e. The Labute approximate surface area is 132 Å². The molecule has 1 aromatic heterocycles. The third kappa shape index (κ3) is 2.97. The van der Waals surface area contributed by atoms with Gasteiger partial charge in [-0.15, -0.1) is 0 Å². The molecule has 0 unspecified atom stereocenters. The number of fused-ring (bicyclic) bond motifs is 1. The predicted molar refractivity (Wildman–Crippen MR) is 77.5 cm³/mol. The zero-order chi connectivity index (χ0) is 16.8. The molecule has 3 rings (SSSR count). The molecular weight excluding hydrogens is 308 g/mol. The third-order valence-corrected chi connectivity index (χ3v) is 4.44. The molecule has 2 N–H and O–H groups in total. The van der Waals surface area contributed by atoms with E-state index in [0.29, 0.717) is 6.42 Å². The number of nitrogens with one attached hydrogen (secondary N) is 2. The largest absolute Gasteiger partial charge is 0.382 e. The number of alkyl halides is 2. The smallest absolute Gasteiger partial charge is 0.272 e. The Balaban J connectivity index is 1.79. The van der Waals surface area contributed by atoms with Gasteiger partial charge in [-0.25, -0.2) is 8.78 Å². The minimum atomic E-state index is -2.76.